The molecule has 0 fully saturated rings. The second kappa shape index (κ2) is 1.59. The second-order valence-electron chi connectivity index (χ2n) is 2.86. The Labute approximate surface area is 64.7 Å². The van der Waals surface area contributed by atoms with Crippen molar-refractivity contribution in [2.75, 3.05) is 0 Å². The van der Waals surface area contributed by atoms with Crippen molar-refractivity contribution in [3.05, 3.63) is 42.4 Å². The number of rotatable bonds is 0. The molecule has 54 valence electrons. The molecule has 0 atom stereocenters. The molecule has 3 heterocycles. The quantitative estimate of drug-likeness (QED) is 0.454. The number of fused-ring (bicyclic) bond motifs is 3. The van der Waals surface area contributed by atoms with E-state index in [1.54, 1.807) is 0 Å². The minimum Gasteiger partial charge on any atom is -0.328 e. The predicted octanol–water partition coefficient (Wildman–Crippen LogP) is 1.64. The SMILES string of the molecule is c1cc2n(c1)Cc1cccn1-2. The van der Waals surface area contributed by atoms with Gasteiger partial charge in [-0.3, -0.25) is 0 Å². The molecule has 1 aliphatic rings. The maximum atomic E-state index is 2.25. The van der Waals surface area contributed by atoms with Crippen LogP contribution >= 0.6 is 0 Å². The maximum absolute atomic E-state index is 2.25. The lowest BCUT2D eigenvalue weighted by molar-refractivity contribution is 0.853. The second-order valence-corrected chi connectivity index (χ2v) is 2.86. The van der Waals surface area contributed by atoms with Crippen LogP contribution in [0.1, 0.15) is 5.69 Å². The van der Waals surface area contributed by atoms with Crippen LogP contribution in [0.2, 0.25) is 0 Å². The highest BCUT2D eigenvalue weighted by Gasteiger charge is 2.14. The molecule has 2 aromatic rings. The van der Waals surface area contributed by atoms with Crippen molar-refractivity contribution in [3.63, 3.8) is 0 Å². The Morgan fingerprint density at radius 3 is 3.00 bits per heavy atom. The Bertz CT molecular complexity index is 357. The van der Waals surface area contributed by atoms with Gasteiger partial charge >= 0.3 is 0 Å². The summed E-state index contributed by atoms with van der Waals surface area (Å²) in [7, 11) is 0. The van der Waals surface area contributed by atoms with E-state index in [1.165, 1.54) is 11.5 Å². The fourth-order valence-corrected chi connectivity index (χ4v) is 1.70. The molecule has 2 nitrogen and oxygen atoms in total. The van der Waals surface area contributed by atoms with E-state index in [-0.39, 0.29) is 0 Å². The molecule has 0 saturated carbocycles. The molecule has 2 heteroatoms. The normalized spacial score (nSPS) is 13.1. The summed E-state index contributed by atoms with van der Waals surface area (Å²) < 4.78 is 4.47. The van der Waals surface area contributed by atoms with Crippen LogP contribution in [0, 0.1) is 0 Å². The lowest BCUT2D eigenvalue weighted by Gasteiger charge is -1.94. The van der Waals surface area contributed by atoms with Crippen LogP contribution in [0.3, 0.4) is 0 Å². The Morgan fingerprint density at radius 1 is 1.09 bits per heavy atom. The number of hydrogen-bond acceptors (Lipinski definition) is 0. The zero-order valence-electron chi connectivity index (χ0n) is 6.07. The van der Waals surface area contributed by atoms with Gasteiger partial charge in [0.25, 0.3) is 0 Å². The smallest absolute Gasteiger partial charge is 0.117 e. The molecule has 0 saturated heterocycles. The van der Waals surface area contributed by atoms with E-state index in [1.807, 2.05) is 0 Å². The van der Waals surface area contributed by atoms with Gasteiger partial charge in [-0.15, -0.1) is 0 Å². The summed E-state index contributed by atoms with van der Waals surface area (Å²) in [6, 6.07) is 8.47. The summed E-state index contributed by atoms with van der Waals surface area (Å²) in [4.78, 5) is 0. The summed E-state index contributed by atoms with van der Waals surface area (Å²) in [5.74, 6) is 1.28. The third-order valence-electron chi connectivity index (χ3n) is 2.22. The van der Waals surface area contributed by atoms with Crippen LogP contribution in [-0.2, 0) is 6.54 Å². The number of aromatic nitrogens is 2. The molecule has 3 rings (SSSR count). The Kier molecular flexibility index (Phi) is 0.756. The lowest BCUT2D eigenvalue weighted by atomic mass is 10.4. The minimum absolute atomic E-state index is 1.02. The van der Waals surface area contributed by atoms with Gasteiger partial charge in [0.15, 0.2) is 0 Å². The van der Waals surface area contributed by atoms with Crippen LogP contribution in [0.5, 0.6) is 0 Å². The summed E-state index contributed by atoms with van der Waals surface area (Å²) in [6.07, 6.45) is 4.22. The Morgan fingerprint density at radius 2 is 2.00 bits per heavy atom. The van der Waals surface area contributed by atoms with E-state index in [0.29, 0.717) is 0 Å². The fraction of sp³-hybridized carbons (Fsp3) is 0.111. The number of hydrogen-bond donors (Lipinski definition) is 0. The van der Waals surface area contributed by atoms with E-state index in [4.69, 9.17) is 0 Å². The van der Waals surface area contributed by atoms with Gasteiger partial charge in [-0.05, 0) is 24.3 Å². The monoisotopic (exact) mass is 144 g/mol. The van der Waals surface area contributed by atoms with E-state index in [9.17, 15) is 0 Å². The first-order chi connectivity index (χ1) is 5.45. The van der Waals surface area contributed by atoms with E-state index in [2.05, 4.69) is 45.8 Å². The van der Waals surface area contributed by atoms with Crippen LogP contribution < -0.4 is 0 Å². The third kappa shape index (κ3) is 0.522. The third-order valence-corrected chi connectivity index (χ3v) is 2.22. The van der Waals surface area contributed by atoms with Crippen LogP contribution in [-0.4, -0.2) is 9.13 Å². The molecular formula is C9H8N2. The first kappa shape index (κ1) is 5.24. The molecule has 0 N–H and O–H groups in total. The predicted molar refractivity (Wildman–Crippen MR) is 42.9 cm³/mol. The fourth-order valence-electron chi connectivity index (χ4n) is 1.70. The van der Waals surface area contributed by atoms with E-state index >= 15 is 0 Å². The molecule has 0 aliphatic carbocycles. The van der Waals surface area contributed by atoms with Gasteiger partial charge in [-0.25, -0.2) is 0 Å². The van der Waals surface area contributed by atoms with Gasteiger partial charge in [0, 0.05) is 18.1 Å². The van der Waals surface area contributed by atoms with E-state index in [0.717, 1.165) is 6.54 Å². The molecule has 0 bridgehead atoms. The molecule has 0 spiro atoms. The maximum Gasteiger partial charge on any atom is 0.117 e. The topological polar surface area (TPSA) is 9.86 Å². The average Bonchev–Trinajstić information content (AvgIpc) is 2.52. The molecule has 11 heavy (non-hydrogen) atoms. The van der Waals surface area contributed by atoms with Crippen LogP contribution in [0.4, 0.5) is 0 Å². The number of nitrogens with zero attached hydrogens (tertiary/aromatic N) is 2. The van der Waals surface area contributed by atoms with Gasteiger partial charge < -0.3 is 9.13 Å². The summed E-state index contributed by atoms with van der Waals surface area (Å²) in [5, 5.41) is 0. The highest BCUT2D eigenvalue weighted by atomic mass is 15.2. The molecule has 0 aromatic carbocycles. The zero-order chi connectivity index (χ0) is 7.26. The average molecular weight is 144 g/mol. The molecule has 0 unspecified atom stereocenters. The highest BCUT2D eigenvalue weighted by molar-refractivity contribution is 5.35. The van der Waals surface area contributed by atoms with Crippen molar-refractivity contribution >= 4 is 0 Å². The first-order valence-corrected chi connectivity index (χ1v) is 3.77. The molecule has 0 radical (unpaired) electrons. The van der Waals surface area contributed by atoms with Crippen molar-refractivity contribution < 1.29 is 0 Å². The molecular weight excluding hydrogens is 136 g/mol. The van der Waals surface area contributed by atoms with E-state index < -0.39 is 0 Å². The summed E-state index contributed by atoms with van der Waals surface area (Å²) in [5.41, 5.74) is 1.38. The van der Waals surface area contributed by atoms with Gasteiger partial charge in [-0.1, -0.05) is 0 Å². The highest BCUT2D eigenvalue weighted by Crippen LogP contribution is 2.21. The van der Waals surface area contributed by atoms with Crippen LogP contribution in [0.25, 0.3) is 5.82 Å². The van der Waals surface area contributed by atoms with Gasteiger partial charge in [0.05, 0.1) is 6.54 Å². The van der Waals surface area contributed by atoms with Crippen molar-refractivity contribution in [2.24, 2.45) is 0 Å². The lowest BCUT2D eigenvalue weighted by Crippen LogP contribution is -1.89. The van der Waals surface area contributed by atoms with Gasteiger partial charge in [0.1, 0.15) is 5.82 Å². The largest absolute Gasteiger partial charge is 0.328 e. The molecule has 2 aromatic heterocycles. The van der Waals surface area contributed by atoms with Crippen molar-refractivity contribution in [2.45, 2.75) is 6.54 Å². The standard InChI is InChI=1S/C9H8N2/c1-3-8-7-10-5-2-4-9(10)11(8)6-1/h1-6H,7H2. The Balaban J connectivity index is 2.38. The van der Waals surface area contributed by atoms with Crippen molar-refractivity contribution in [1.82, 2.24) is 9.13 Å². The molecule has 0 amide bonds. The zero-order valence-corrected chi connectivity index (χ0v) is 6.07. The van der Waals surface area contributed by atoms with Crippen LogP contribution in [0.15, 0.2) is 36.7 Å². The Hall–Kier alpha value is -1.44. The summed E-state index contributed by atoms with van der Waals surface area (Å²) in [6.45, 7) is 1.02. The summed E-state index contributed by atoms with van der Waals surface area (Å²) >= 11 is 0. The minimum atomic E-state index is 1.02. The van der Waals surface area contributed by atoms with Gasteiger partial charge in [-0.2, -0.15) is 0 Å². The van der Waals surface area contributed by atoms with Crippen molar-refractivity contribution in [1.29, 1.82) is 0 Å². The van der Waals surface area contributed by atoms with Crippen molar-refractivity contribution in [3.8, 4) is 5.82 Å². The first-order valence-electron chi connectivity index (χ1n) is 3.77. The van der Waals surface area contributed by atoms with Gasteiger partial charge in [0.2, 0.25) is 0 Å². The molecule has 1 aliphatic heterocycles.